The Morgan fingerprint density at radius 1 is 0.762 bits per heavy atom. The maximum atomic E-state index is 9.99. The number of carbonyl (C=O) groups is 4. The van der Waals surface area contributed by atoms with Crippen molar-refractivity contribution in [1.29, 1.82) is 0 Å². The Hall–Kier alpha value is -1.77. The number of primary amides is 2. The summed E-state index contributed by atoms with van der Waals surface area (Å²) in [4.78, 5) is 39.8. The monoisotopic (exact) mass is 359 g/mol. The number of aliphatic carboxylic acids is 2. The van der Waals surface area contributed by atoms with Gasteiger partial charge in [-0.2, -0.15) is 0 Å². The van der Waals surface area contributed by atoms with Crippen LogP contribution in [-0.4, -0.2) is 57.0 Å². The molecule has 2 amide bonds. The Kier molecular flexibility index (Phi) is 24.5. The van der Waals surface area contributed by atoms with Crippen molar-refractivity contribution in [3.8, 4) is 0 Å². The zero-order chi connectivity index (χ0) is 14.9. The molecule has 0 saturated heterocycles. The number of hydrogen-bond donors (Lipinski definition) is 6. The van der Waals surface area contributed by atoms with Crippen LogP contribution in [0, 0.1) is 0 Å². The maximum Gasteiger partial charge on any atom is 0.321 e. The number of hydrogen-bond acceptors (Lipinski definition) is 6. The Labute approximate surface area is 129 Å². The summed E-state index contributed by atoms with van der Waals surface area (Å²) in [7, 11) is 0. The zero-order valence-electron chi connectivity index (χ0n) is 10.7. The molecule has 0 aliphatic heterocycles. The van der Waals surface area contributed by atoms with Gasteiger partial charge in [0, 0.05) is 16.8 Å². The minimum absolute atomic E-state index is 0. The molecule has 0 aromatic carbocycles. The van der Waals surface area contributed by atoms with Crippen molar-refractivity contribution in [3.05, 3.63) is 0 Å². The molecule has 129 valence electrons. The molecule has 14 N–H and O–H groups in total. The van der Waals surface area contributed by atoms with Gasteiger partial charge in [0.05, 0.1) is 12.8 Å². The van der Waals surface area contributed by atoms with Gasteiger partial charge in [0.2, 0.25) is 11.8 Å². The van der Waals surface area contributed by atoms with Gasteiger partial charge in [-0.1, -0.05) is 0 Å². The van der Waals surface area contributed by atoms with Crippen LogP contribution in [0.3, 0.4) is 0 Å². The third kappa shape index (κ3) is 23.7. The van der Waals surface area contributed by atoms with E-state index < -0.39 is 35.8 Å². The summed E-state index contributed by atoms with van der Waals surface area (Å²) in [6.07, 6.45) is -0.620. The predicted octanol–water partition coefficient (Wildman–Crippen LogP) is -5.10. The van der Waals surface area contributed by atoms with Gasteiger partial charge in [0.15, 0.2) is 0 Å². The van der Waals surface area contributed by atoms with E-state index in [4.69, 9.17) is 21.7 Å². The summed E-state index contributed by atoms with van der Waals surface area (Å²) in [6, 6.07) is -2.33. The first-order valence-corrected chi connectivity index (χ1v) is 4.61. The molecule has 0 aromatic rings. The van der Waals surface area contributed by atoms with Gasteiger partial charge in [-0.05, 0) is 0 Å². The van der Waals surface area contributed by atoms with E-state index in [1.807, 2.05) is 0 Å². The quantitative estimate of drug-likeness (QED) is 0.266. The molecule has 2 atom stereocenters. The van der Waals surface area contributed by atoms with E-state index in [0.717, 1.165) is 0 Å². The first kappa shape index (κ1) is 31.6. The molecular formula is C8H20CoN4O8. The number of rotatable bonds is 6. The predicted molar refractivity (Wildman–Crippen MR) is 66.1 cm³/mol. The maximum absolute atomic E-state index is 9.99. The second kappa shape index (κ2) is 16.3. The van der Waals surface area contributed by atoms with Crippen molar-refractivity contribution in [2.75, 3.05) is 0 Å². The molecule has 21 heavy (non-hydrogen) atoms. The van der Waals surface area contributed by atoms with Crippen LogP contribution in [0.25, 0.3) is 0 Å². The normalized spacial score (nSPS) is 10.8. The third-order valence-electron chi connectivity index (χ3n) is 1.48. The number of amides is 2. The molecule has 0 aliphatic rings. The zero-order valence-corrected chi connectivity index (χ0v) is 11.8. The molecule has 13 heteroatoms. The van der Waals surface area contributed by atoms with Gasteiger partial charge < -0.3 is 44.1 Å². The standard InChI is InChI=1S/2C4H8N2O3.Co.2H2O/c2*5-2(4(8)9)1-3(6)7;;;/h2*2H,1,5H2,(H2,6,7)(H,8,9);;2*1H2/t2*2-;;;/m00.../s1. The minimum Gasteiger partial charge on any atom is -0.480 e. The molecule has 0 heterocycles. The van der Waals surface area contributed by atoms with Crippen LogP contribution in [0.4, 0.5) is 0 Å². The Balaban J connectivity index is -0.0000000711. The average molecular weight is 359 g/mol. The molecule has 12 nitrogen and oxygen atoms in total. The van der Waals surface area contributed by atoms with Crippen molar-refractivity contribution in [3.63, 3.8) is 0 Å². The second-order valence-electron chi connectivity index (χ2n) is 3.23. The van der Waals surface area contributed by atoms with Crippen LogP contribution in [0.15, 0.2) is 0 Å². The molecule has 0 bridgehead atoms. The van der Waals surface area contributed by atoms with Crippen LogP contribution in [0.1, 0.15) is 12.8 Å². The fourth-order valence-electron chi connectivity index (χ4n) is 0.608. The first-order chi connectivity index (χ1) is 8.07. The van der Waals surface area contributed by atoms with E-state index in [2.05, 4.69) is 11.5 Å². The summed E-state index contributed by atoms with van der Waals surface area (Å²) >= 11 is 0. The van der Waals surface area contributed by atoms with Gasteiger partial charge in [-0.25, -0.2) is 0 Å². The molecule has 1 radical (unpaired) electrons. The van der Waals surface area contributed by atoms with E-state index in [1.54, 1.807) is 0 Å². The number of nitrogens with two attached hydrogens (primary N) is 4. The second-order valence-corrected chi connectivity index (χ2v) is 3.23. The molecule has 0 rings (SSSR count). The molecule has 0 spiro atoms. The number of carboxylic acid groups (broad SMARTS) is 2. The molecule has 0 unspecified atom stereocenters. The van der Waals surface area contributed by atoms with E-state index in [0.29, 0.717) is 0 Å². The fraction of sp³-hybridized carbons (Fsp3) is 0.500. The van der Waals surface area contributed by atoms with E-state index in [9.17, 15) is 19.2 Å². The molecule has 0 fully saturated rings. The van der Waals surface area contributed by atoms with E-state index >= 15 is 0 Å². The fourth-order valence-corrected chi connectivity index (χ4v) is 0.608. The van der Waals surface area contributed by atoms with Crippen molar-refractivity contribution in [2.45, 2.75) is 24.9 Å². The van der Waals surface area contributed by atoms with Gasteiger partial charge in [-0.15, -0.1) is 0 Å². The summed E-state index contributed by atoms with van der Waals surface area (Å²) in [5.41, 5.74) is 19.1. The average Bonchev–Trinajstić information content (AvgIpc) is 2.16. The topological polar surface area (TPSA) is 276 Å². The summed E-state index contributed by atoms with van der Waals surface area (Å²) in [5, 5.41) is 16.2. The molecule has 0 aliphatic carbocycles. The van der Waals surface area contributed by atoms with Crippen molar-refractivity contribution in [1.82, 2.24) is 0 Å². The molecular weight excluding hydrogens is 339 g/mol. The Bertz CT molecular complexity index is 308. The minimum atomic E-state index is -1.21. The van der Waals surface area contributed by atoms with Crippen molar-refractivity contribution in [2.24, 2.45) is 22.9 Å². The van der Waals surface area contributed by atoms with E-state index in [1.165, 1.54) is 0 Å². The molecule has 0 saturated carbocycles. The third-order valence-corrected chi connectivity index (χ3v) is 1.48. The van der Waals surface area contributed by atoms with E-state index in [-0.39, 0.29) is 40.6 Å². The summed E-state index contributed by atoms with van der Waals surface area (Å²) < 4.78 is 0. The van der Waals surface area contributed by atoms with Crippen LogP contribution in [0.5, 0.6) is 0 Å². The van der Waals surface area contributed by atoms with Gasteiger partial charge in [-0.3, -0.25) is 19.2 Å². The van der Waals surface area contributed by atoms with Gasteiger partial charge in [0.25, 0.3) is 0 Å². The molecule has 0 aromatic heterocycles. The summed E-state index contributed by atoms with van der Waals surface area (Å²) in [6.45, 7) is 0. The summed E-state index contributed by atoms with van der Waals surface area (Å²) in [5.74, 6) is -3.84. The Morgan fingerprint density at radius 3 is 1.00 bits per heavy atom. The largest absolute Gasteiger partial charge is 0.480 e. The smallest absolute Gasteiger partial charge is 0.321 e. The van der Waals surface area contributed by atoms with Crippen LogP contribution < -0.4 is 22.9 Å². The van der Waals surface area contributed by atoms with Crippen molar-refractivity contribution >= 4 is 23.8 Å². The van der Waals surface area contributed by atoms with Gasteiger partial charge in [0.1, 0.15) is 12.1 Å². The SMILES string of the molecule is NC(=O)C[C@H](N)C(=O)O.NC(=O)C[C@H](N)C(=O)O.O.O.[Co]. The first-order valence-electron chi connectivity index (χ1n) is 4.61. The van der Waals surface area contributed by atoms with Crippen LogP contribution >= 0.6 is 0 Å². The number of carboxylic acids is 2. The van der Waals surface area contributed by atoms with Crippen LogP contribution in [0.2, 0.25) is 0 Å². The van der Waals surface area contributed by atoms with Crippen molar-refractivity contribution < 1.29 is 57.1 Å². The Morgan fingerprint density at radius 2 is 0.952 bits per heavy atom. The van der Waals surface area contributed by atoms with Crippen LogP contribution in [-0.2, 0) is 36.0 Å². The number of carbonyl (C=O) groups excluding carboxylic acids is 2. The van der Waals surface area contributed by atoms with Gasteiger partial charge >= 0.3 is 11.9 Å².